The Morgan fingerprint density at radius 3 is 1.86 bits per heavy atom. The maximum atomic E-state index is 14.5. The van der Waals surface area contributed by atoms with Gasteiger partial charge in [-0.15, -0.1) is 0 Å². The van der Waals surface area contributed by atoms with Crippen molar-refractivity contribution in [3.63, 3.8) is 0 Å². The number of phosphoric acid groups is 1. The highest BCUT2D eigenvalue weighted by atomic mass is 35.5. The molecule has 0 spiro atoms. The quantitative estimate of drug-likeness (QED) is 0.195. The molecule has 196 valence electrons. The molecule has 3 rings (SSSR count). The second-order valence-electron chi connectivity index (χ2n) is 7.06. The summed E-state index contributed by atoms with van der Waals surface area (Å²) >= 11 is 23.5. The van der Waals surface area contributed by atoms with Crippen molar-refractivity contribution < 1.29 is 51.8 Å². The number of halogens is 6. The summed E-state index contributed by atoms with van der Waals surface area (Å²) in [5.74, 6) is -4.34. The van der Waals surface area contributed by atoms with E-state index in [0.717, 1.165) is 0 Å². The van der Waals surface area contributed by atoms with Gasteiger partial charge in [-0.05, 0) is 24.3 Å². The van der Waals surface area contributed by atoms with Gasteiger partial charge in [0.2, 0.25) is 5.76 Å². The number of aliphatic hydroxyl groups is 1. The number of carbonyl (C=O) groups is 1. The van der Waals surface area contributed by atoms with Crippen molar-refractivity contribution in [2.45, 2.75) is 25.4 Å². The fraction of sp³-hybridized carbons (Fsp3) is 0.250. The third-order valence-corrected chi connectivity index (χ3v) is 6.54. The largest absolute Gasteiger partial charge is 0.485 e. The molecule has 1 aliphatic heterocycles. The summed E-state index contributed by atoms with van der Waals surface area (Å²) in [6.07, 6.45) is -3.59. The van der Waals surface area contributed by atoms with Crippen molar-refractivity contribution in [3.05, 3.63) is 78.6 Å². The number of rotatable bonds is 10. The Morgan fingerprint density at radius 2 is 1.39 bits per heavy atom. The third kappa shape index (κ3) is 6.61. The minimum absolute atomic E-state index is 0.0891. The van der Waals surface area contributed by atoms with E-state index in [4.69, 9.17) is 70.4 Å². The minimum atomic E-state index is -5.19. The molecule has 0 aromatic heterocycles. The van der Waals surface area contributed by atoms with Crippen LogP contribution in [0.5, 0.6) is 0 Å². The van der Waals surface area contributed by atoms with E-state index in [9.17, 15) is 23.2 Å². The highest BCUT2D eigenvalue weighted by Crippen LogP contribution is 2.41. The lowest BCUT2D eigenvalue weighted by atomic mass is 10.1. The lowest BCUT2D eigenvalue weighted by molar-refractivity contribution is -0.148. The van der Waals surface area contributed by atoms with Crippen molar-refractivity contribution in [2.24, 2.45) is 0 Å². The molecule has 16 heteroatoms. The van der Waals surface area contributed by atoms with E-state index in [1.54, 1.807) is 0 Å². The number of aliphatic hydroxyl groups excluding tert-OH is 1. The first-order chi connectivity index (χ1) is 16.8. The van der Waals surface area contributed by atoms with Crippen LogP contribution < -0.4 is 0 Å². The van der Waals surface area contributed by atoms with E-state index in [0.29, 0.717) is 0 Å². The predicted molar refractivity (Wildman–Crippen MR) is 123 cm³/mol. The maximum Gasteiger partial charge on any atom is 0.470 e. The van der Waals surface area contributed by atoms with E-state index in [-0.39, 0.29) is 31.2 Å². The van der Waals surface area contributed by atoms with Gasteiger partial charge in [0.15, 0.2) is 11.9 Å². The Morgan fingerprint density at radius 1 is 0.917 bits per heavy atom. The Kier molecular flexibility index (Phi) is 9.48. The predicted octanol–water partition coefficient (Wildman–Crippen LogP) is 4.92. The van der Waals surface area contributed by atoms with E-state index in [1.807, 2.05) is 0 Å². The number of phosphoric ester groups is 1. The number of hydrogen-bond acceptors (Lipinski definition) is 7. The van der Waals surface area contributed by atoms with Gasteiger partial charge in [0.25, 0.3) is 0 Å². The normalized spacial score (nSPS) is 16.8. The topological polar surface area (TPSA) is 132 Å². The van der Waals surface area contributed by atoms with Crippen LogP contribution in [-0.2, 0) is 41.3 Å². The molecular formula is C20H15Cl4F2O9P. The van der Waals surface area contributed by atoms with Gasteiger partial charge in [-0.3, -0.25) is 4.52 Å². The van der Waals surface area contributed by atoms with E-state index in [1.165, 1.54) is 24.3 Å². The van der Waals surface area contributed by atoms with Crippen LogP contribution in [0, 0.1) is 11.6 Å². The molecule has 2 atom stereocenters. The SMILES string of the molecule is O=C1O[C@H]([C@H](CO)OP(=O)(O)O)C(OCc2c(Cl)ccc(Cl)c2F)=C1OCc1c(Cl)ccc(Cl)c1F. The van der Waals surface area contributed by atoms with Gasteiger partial charge >= 0.3 is 13.8 Å². The van der Waals surface area contributed by atoms with Crippen molar-refractivity contribution in [1.82, 2.24) is 0 Å². The zero-order valence-electron chi connectivity index (χ0n) is 17.6. The summed E-state index contributed by atoms with van der Waals surface area (Å²) in [6, 6.07) is 4.96. The van der Waals surface area contributed by atoms with Gasteiger partial charge in [0.05, 0.1) is 26.7 Å². The molecule has 0 bridgehead atoms. The van der Waals surface area contributed by atoms with Gasteiger partial charge in [-0.2, -0.15) is 0 Å². The lowest BCUT2D eigenvalue weighted by Gasteiger charge is -2.23. The molecule has 2 aromatic carbocycles. The molecule has 1 heterocycles. The van der Waals surface area contributed by atoms with Gasteiger partial charge in [-0.25, -0.2) is 18.1 Å². The van der Waals surface area contributed by atoms with E-state index < -0.39 is 69.0 Å². The fourth-order valence-electron chi connectivity index (χ4n) is 3.03. The number of benzene rings is 2. The van der Waals surface area contributed by atoms with Crippen LogP contribution in [0.15, 0.2) is 35.8 Å². The Balaban J connectivity index is 1.99. The Bertz CT molecular complexity index is 1250. The smallest absolute Gasteiger partial charge is 0.470 e. The fourth-order valence-corrected chi connectivity index (χ4v) is 4.32. The van der Waals surface area contributed by atoms with Crippen molar-refractivity contribution in [2.75, 3.05) is 6.61 Å². The highest BCUT2D eigenvalue weighted by molar-refractivity contribution is 7.46. The van der Waals surface area contributed by atoms with Crippen LogP contribution in [0.1, 0.15) is 11.1 Å². The first-order valence-electron chi connectivity index (χ1n) is 9.64. The second kappa shape index (κ2) is 11.8. The molecule has 9 nitrogen and oxygen atoms in total. The molecule has 2 aromatic rings. The molecular weight excluding hydrogens is 595 g/mol. The molecule has 0 radical (unpaired) electrons. The molecule has 36 heavy (non-hydrogen) atoms. The summed E-state index contributed by atoms with van der Waals surface area (Å²) < 4.78 is 60.6. The summed E-state index contributed by atoms with van der Waals surface area (Å²) in [6.45, 7) is -2.38. The zero-order valence-corrected chi connectivity index (χ0v) is 21.5. The number of cyclic esters (lactones) is 1. The van der Waals surface area contributed by atoms with Crippen LogP contribution in [-0.4, -0.2) is 39.7 Å². The second-order valence-corrected chi connectivity index (χ2v) is 9.88. The van der Waals surface area contributed by atoms with Crippen molar-refractivity contribution in [3.8, 4) is 0 Å². The van der Waals surface area contributed by atoms with Crippen molar-refractivity contribution in [1.29, 1.82) is 0 Å². The number of ether oxygens (including phenoxy) is 3. The van der Waals surface area contributed by atoms with Gasteiger partial charge in [0.1, 0.15) is 31.0 Å². The molecule has 0 fully saturated rings. The highest BCUT2D eigenvalue weighted by Gasteiger charge is 2.45. The molecule has 0 saturated carbocycles. The average molecular weight is 610 g/mol. The first-order valence-corrected chi connectivity index (χ1v) is 12.7. The maximum absolute atomic E-state index is 14.5. The molecule has 0 aliphatic carbocycles. The average Bonchev–Trinajstić information content (AvgIpc) is 3.12. The Hall–Kier alpha value is -1.66. The third-order valence-electron chi connectivity index (χ3n) is 4.70. The minimum Gasteiger partial charge on any atom is -0.485 e. The van der Waals surface area contributed by atoms with Gasteiger partial charge < -0.3 is 29.1 Å². The monoisotopic (exact) mass is 608 g/mol. The lowest BCUT2D eigenvalue weighted by Crippen LogP contribution is -2.34. The van der Waals surface area contributed by atoms with Crippen LogP contribution in [0.25, 0.3) is 0 Å². The van der Waals surface area contributed by atoms with Crippen LogP contribution >= 0.6 is 54.2 Å². The molecule has 0 saturated heterocycles. The number of esters is 1. The summed E-state index contributed by atoms with van der Waals surface area (Å²) in [5, 5.41) is 8.85. The van der Waals surface area contributed by atoms with Crippen LogP contribution in [0.4, 0.5) is 8.78 Å². The zero-order chi connectivity index (χ0) is 26.8. The number of carbonyl (C=O) groups excluding carboxylic acids is 1. The molecule has 3 N–H and O–H groups in total. The summed E-state index contributed by atoms with van der Waals surface area (Å²) in [5.41, 5.74) is -0.476. The van der Waals surface area contributed by atoms with Gasteiger partial charge in [-0.1, -0.05) is 46.4 Å². The number of hydrogen-bond donors (Lipinski definition) is 3. The molecule has 0 unspecified atom stereocenters. The van der Waals surface area contributed by atoms with Crippen LogP contribution in [0.3, 0.4) is 0 Å². The Labute approximate surface area is 222 Å². The van der Waals surface area contributed by atoms with E-state index in [2.05, 4.69) is 4.52 Å². The van der Waals surface area contributed by atoms with E-state index >= 15 is 0 Å². The van der Waals surface area contributed by atoms with Crippen LogP contribution in [0.2, 0.25) is 20.1 Å². The summed E-state index contributed by atoms with van der Waals surface area (Å²) in [4.78, 5) is 30.8. The summed E-state index contributed by atoms with van der Waals surface area (Å²) in [7, 11) is -5.19. The van der Waals surface area contributed by atoms with Gasteiger partial charge in [0, 0.05) is 11.1 Å². The molecule has 0 amide bonds. The first kappa shape index (κ1) is 28.9. The molecule has 1 aliphatic rings. The van der Waals surface area contributed by atoms with Crippen molar-refractivity contribution >= 4 is 60.2 Å². The standard InChI is InChI=1S/C20H15Cl4F2O9P/c21-10-1-3-12(23)15(25)8(10)6-32-18-17(14(5-27)35-36(29,30)31)34-20(28)19(18)33-7-9-11(22)2-4-13(24)16(9)26/h1-4,14,17,27H,5-7H2,(H2,29,30,31)/t14-,17+/m0/s1.